The number of alkyl halides is 1. The van der Waals surface area contributed by atoms with Gasteiger partial charge in [0.25, 0.3) is 0 Å². The van der Waals surface area contributed by atoms with E-state index in [1.807, 2.05) is 0 Å². The molecule has 1 saturated carbocycles. The number of rotatable bonds is 0. The third-order valence-corrected chi connectivity index (χ3v) is 2.71. The summed E-state index contributed by atoms with van der Waals surface area (Å²) >= 11 is 5.97. The molecule has 2 aliphatic rings. The van der Waals surface area contributed by atoms with Crippen LogP contribution < -0.4 is 0 Å². The number of allylic oxidation sites excluding steroid dienone is 2. The fraction of sp³-hybridized carbons (Fsp3) is 0.714. The largest absolute Gasteiger partial charge is 0.122 e. The Labute approximate surface area is 54.5 Å². The van der Waals surface area contributed by atoms with Gasteiger partial charge in [0.15, 0.2) is 0 Å². The maximum atomic E-state index is 5.97. The minimum Gasteiger partial charge on any atom is -0.122 e. The van der Waals surface area contributed by atoms with Gasteiger partial charge in [-0.3, -0.25) is 0 Å². The smallest absolute Gasteiger partial charge is 0.0407 e. The van der Waals surface area contributed by atoms with E-state index >= 15 is 0 Å². The van der Waals surface area contributed by atoms with Crippen LogP contribution in [0.4, 0.5) is 0 Å². The minimum absolute atomic E-state index is 0.481. The first-order chi connectivity index (χ1) is 3.86. The highest BCUT2D eigenvalue weighted by molar-refractivity contribution is 6.21. The molecule has 0 aliphatic heterocycles. The topological polar surface area (TPSA) is 0 Å². The fourth-order valence-electron chi connectivity index (χ4n) is 1.68. The molecule has 0 amide bonds. The number of halogens is 1. The Bertz CT molecular complexity index is 137. The summed E-state index contributed by atoms with van der Waals surface area (Å²) in [5.41, 5.74) is 1.61. The lowest BCUT2D eigenvalue weighted by atomic mass is 10.1. The standard InChI is InChI=1S/C7H9Cl/c8-7-4-5-1-2-6(7)3-5/h1,6-7H,2-4H2. The lowest BCUT2D eigenvalue weighted by Gasteiger charge is -2.08. The van der Waals surface area contributed by atoms with Crippen LogP contribution >= 0.6 is 11.6 Å². The molecular formula is C7H9Cl. The van der Waals surface area contributed by atoms with E-state index in [-0.39, 0.29) is 0 Å². The van der Waals surface area contributed by atoms with E-state index in [1.54, 1.807) is 5.57 Å². The molecule has 0 spiro atoms. The van der Waals surface area contributed by atoms with Crippen molar-refractivity contribution in [2.45, 2.75) is 24.6 Å². The Balaban J connectivity index is 2.25. The van der Waals surface area contributed by atoms with Crippen molar-refractivity contribution in [1.82, 2.24) is 0 Å². The summed E-state index contributed by atoms with van der Waals surface area (Å²) in [4.78, 5) is 0. The van der Waals surface area contributed by atoms with Gasteiger partial charge in [-0.05, 0) is 25.2 Å². The Hall–Kier alpha value is 0.0300. The highest BCUT2D eigenvalue weighted by Gasteiger charge is 2.31. The predicted molar refractivity (Wildman–Crippen MR) is 35.1 cm³/mol. The molecule has 8 heavy (non-hydrogen) atoms. The van der Waals surface area contributed by atoms with E-state index in [0.717, 1.165) is 5.92 Å². The second-order valence-electron chi connectivity index (χ2n) is 2.78. The van der Waals surface area contributed by atoms with E-state index in [4.69, 9.17) is 11.6 Å². The maximum absolute atomic E-state index is 5.97. The van der Waals surface area contributed by atoms with Crippen molar-refractivity contribution in [2.75, 3.05) is 0 Å². The third kappa shape index (κ3) is 0.526. The minimum atomic E-state index is 0.481. The predicted octanol–water partition coefficient (Wildman–Crippen LogP) is 2.33. The van der Waals surface area contributed by atoms with Crippen LogP contribution in [0.2, 0.25) is 0 Å². The van der Waals surface area contributed by atoms with Gasteiger partial charge in [-0.1, -0.05) is 11.6 Å². The molecule has 0 radical (unpaired) electrons. The molecule has 0 aromatic heterocycles. The molecule has 2 rings (SSSR count). The molecule has 44 valence electrons. The van der Waals surface area contributed by atoms with Crippen LogP contribution in [0.3, 0.4) is 0 Å². The van der Waals surface area contributed by atoms with E-state index in [1.165, 1.54) is 19.3 Å². The second-order valence-corrected chi connectivity index (χ2v) is 3.34. The second kappa shape index (κ2) is 1.51. The summed E-state index contributed by atoms with van der Waals surface area (Å²) in [5.74, 6) is 0.812. The van der Waals surface area contributed by atoms with E-state index in [9.17, 15) is 0 Å². The van der Waals surface area contributed by atoms with Crippen LogP contribution in [-0.4, -0.2) is 5.38 Å². The lowest BCUT2D eigenvalue weighted by molar-refractivity contribution is 0.584. The molecular weight excluding hydrogens is 120 g/mol. The van der Waals surface area contributed by atoms with Crippen LogP contribution in [0.15, 0.2) is 11.6 Å². The summed E-state index contributed by atoms with van der Waals surface area (Å²) in [5, 5.41) is 0.481. The summed E-state index contributed by atoms with van der Waals surface area (Å²) in [7, 11) is 0. The molecule has 0 nitrogen and oxygen atoms in total. The van der Waals surface area contributed by atoms with Crippen LogP contribution in [0.1, 0.15) is 19.3 Å². The van der Waals surface area contributed by atoms with Crippen LogP contribution in [-0.2, 0) is 0 Å². The van der Waals surface area contributed by atoms with Gasteiger partial charge >= 0.3 is 0 Å². The zero-order valence-corrected chi connectivity index (χ0v) is 5.49. The molecule has 1 heteroatoms. The molecule has 1 fully saturated rings. The van der Waals surface area contributed by atoms with Crippen LogP contribution in [0.5, 0.6) is 0 Å². The number of hydrogen-bond donors (Lipinski definition) is 0. The van der Waals surface area contributed by atoms with Gasteiger partial charge in [-0.15, -0.1) is 11.6 Å². The molecule has 0 aromatic rings. The molecule has 2 bridgehead atoms. The van der Waals surface area contributed by atoms with Gasteiger partial charge in [0.2, 0.25) is 0 Å². The third-order valence-electron chi connectivity index (χ3n) is 2.20. The van der Waals surface area contributed by atoms with Gasteiger partial charge in [0, 0.05) is 5.38 Å². The highest BCUT2D eigenvalue weighted by atomic mass is 35.5. The molecule has 2 unspecified atom stereocenters. The molecule has 0 heterocycles. The van der Waals surface area contributed by atoms with Crippen molar-refractivity contribution in [1.29, 1.82) is 0 Å². The normalized spacial score (nSPS) is 42.9. The summed E-state index contributed by atoms with van der Waals surface area (Å²) in [6.07, 6.45) is 6.08. The average Bonchev–Trinajstić information content (AvgIpc) is 2.23. The summed E-state index contributed by atoms with van der Waals surface area (Å²) in [6.45, 7) is 0. The van der Waals surface area contributed by atoms with Crippen molar-refractivity contribution in [2.24, 2.45) is 5.92 Å². The Morgan fingerprint density at radius 3 is 2.62 bits per heavy atom. The molecule has 2 aliphatic carbocycles. The highest BCUT2D eigenvalue weighted by Crippen LogP contribution is 2.42. The van der Waals surface area contributed by atoms with Gasteiger partial charge in [0.1, 0.15) is 0 Å². The molecule has 0 N–H and O–H groups in total. The SMILES string of the molecule is ClC1CC2=CCC1C2. The fourth-order valence-corrected chi connectivity index (χ4v) is 2.07. The van der Waals surface area contributed by atoms with E-state index < -0.39 is 0 Å². The van der Waals surface area contributed by atoms with Crippen molar-refractivity contribution in [3.63, 3.8) is 0 Å². The summed E-state index contributed by atoms with van der Waals surface area (Å²) < 4.78 is 0. The van der Waals surface area contributed by atoms with Crippen molar-refractivity contribution < 1.29 is 0 Å². The van der Waals surface area contributed by atoms with Crippen molar-refractivity contribution in [3.8, 4) is 0 Å². The Morgan fingerprint density at radius 1 is 1.50 bits per heavy atom. The Kier molecular flexibility index (Phi) is 0.916. The first kappa shape index (κ1) is 4.87. The zero-order valence-electron chi connectivity index (χ0n) is 4.73. The van der Waals surface area contributed by atoms with Gasteiger partial charge in [-0.2, -0.15) is 0 Å². The van der Waals surface area contributed by atoms with E-state index in [0.29, 0.717) is 5.38 Å². The Morgan fingerprint density at radius 2 is 2.38 bits per heavy atom. The van der Waals surface area contributed by atoms with Gasteiger partial charge < -0.3 is 0 Å². The molecule has 0 saturated heterocycles. The monoisotopic (exact) mass is 128 g/mol. The van der Waals surface area contributed by atoms with E-state index in [2.05, 4.69) is 6.08 Å². The first-order valence-electron chi connectivity index (χ1n) is 3.18. The summed E-state index contributed by atoms with van der Waals surface area (Å²) in [6, 6.07) is 0. The molecule has 2 atom stereocenters. The first-order valence-corrected chi connectivity index (χ1v) is 3.62. The van der Waals surface area contributed by atoms with Crippen molar-refractivity contribution in [3.05, 3.63) is 11.6 Å². The quantitative estimate of drug-likeness (QED) is 0.347. The van der Waals surface area contributed by atoms with Crippen LogP contribution in [0, 0.1) is 5.92 Å². The van der Waals surface area contributed by atoms with Crippen molar-refractivity contribution >= 4 is 11.6 Å². The average molecular weight is 129 g/mol. The lowest BCUT2D eigenvalue weighted by Crippen LogP contribution is -2.05. The van der Waals surface area contributed by atoms with Gasteiger partial charge in [-0.25, -0.2) is 0 Å². The number of fused-ring (bicyclic) bond motifs is 2. The molecule has 0 aromatic carbocycles. The zero-order chi connectivity index (χ0) is 5.56. The van der Waals surface area contributed by atoms with Crippen LogP contribution in [0.25, 0.3) is 0 Å². The number of hydrogen-bond acceptors (Lipinski definition) is 0. The maximum Gasteiger partial charge on any atom is 0.0407 e. The van der Waals surface area contributed by atoms with Gasteiger partial charge in [0.05, 0.1) is 0 Å².